The summed E-state index contributed by atoms with van der Waals surface area (Å²) < 4.78 is 20.6. The van der Waals surface area contributed by atoms with Crippen LogP contribution in [0.25, 0.3) is 16.6 Å². The number of fused-ring (bicyclic) bond motifs is 1. The van der Waals surface area contributed by atoms with E-state index in [2.05, 4.69) is 4.98 Å². The molecule has 0 bridgehead atoms. The second kappa shape index (κ2) is 7.70. The topological polar surface area (TPSA) is 61.2 Å². The number of hydrogen-bond acceptors (Lipinski definition) is 5. The van der Waals surface area contributed by atoms with Crippen LogP contribution in [0.4, 0.5) is 4.39 Å². The molecule has 0 saturated carbocycles. The molecule has 5 nitrogen and oxygen atoms in total. The fourth-order valence-corrected chi connectivity index (χ4v) is 3.26. The Morgan fingerprint density at radius 3 is 2.62 bits per heavy atom. The molecule has 0 aliphatic rings. The van der Waals surface area contributed by atoms with Crippen molar-refractivity contribution in [2.75, 3.05) is 5.75 Å². The van der Waals surface area contributed by atoms with E-state index in [0.717, 1.165) is 11.8 Å². The van der Waals surface area contributed by atoms with Crippen LogP contribution in [-0.4, -0.2) is 27.4 Å². The Balaban J connectivity index is 2.11. The fraction of sp³-hybridized carbons (Fsp3) is 0.211. The number of rotatable bonds is 5. The highest BCUT2D eigenvalue weighted by molar-refractivity contribution is 7.99. The predicted molar refractivity (Wildman–Crippen MR) is 99.3 cm³/mol. The summed E-state index contributed by atoms with van der Waals surface area (Å²) in [5, 5.41) is 0.615. The minimum Gasteiger partial charge on any atom is -0.462 e. The number of hydrogen-bond donors (Lipinski definition) is 0. The van der Waals surface area contributed by atoms with Gasteiger partial charge in [-0.25, -0.2) is 9.37 Å². The smallest absolute Gasteiger partial charge is 0.316 e. The summed E-state index contributed by atoms with van der Waals surface area (Å²) in [7, 11) is 0. The Kier molecular flexibility index (Phi) is 5.37. The predicted octanol–water partition coefficient (Wildman–Crippen LogP) is 3.57. The number of thioether (sulfide) groups is 1. The zero-order valence-electron chi connectivity index (χ0n) is 14.3. The first-order valence-corrected chi connectivity index (χ1v) is 9.05. The molecule has 0 fully saturated rings. The van der Waals surface area contributed by atoms with E-state index in [1.165, 1.54) is 16.7 Å². The number of nitrogens with zero attached hydrogens (tertiary/aromatic N) is 2. The van der Waals surface area contributed by atoms with Gasteiger partial charge in [-0.1, -0.05) is 36.0 Å². The number of aromatic nitrogens is 2. The number of ether oxygens (including phenoxy) is 1. The quantitative estimate of drug-likeness (QED) is 0.389. The van der Waals surface area contributed by atoms with E-state index in [9.17, 15) is 14.0 Å². The zero-order valence-corrected chi connectivity index (χ0v) is 15.1. The van der Waals surface area contributed by atoms with Gasteiger partial charge in [-0.15, -0.1) is 0 Å². The largest absolute Gasteiger partial charge is 0.462 e. The first kappa shape index (κ1) is 18.1. The van der Waals surface area contributed by atoms with E-state index in [1.54, 1.807) is 50.2 Å². The molecule has 3 rings (SSSR count). The molecule has 0 unspecified atom stereocenters. The van der Waals surface area contributed by atoms with Crippen LogP contribution in [0, 0.1) is 5.82 Å². The van der Waals surface area contributed by atoms with Crippen molar-refractivity contribution in [3.63, 3.8) is 0 Å². The molecular weight excluding hydrogens is 355 g/mol. The normalized spacial score (nSPS) is 11.1. The Hall–Kier alpha value is -2.67. The van der Waals surface area contributed by atoms with Crippen LogP contribution in [0.2, 0.25) is 0 Å². The summed E-state index contributed by atoms with van der Waals surface area (Å²) in [6, 6.07) is 12.8. The van der Waals surface area contributed by atoms with E-state index < -0.39 is 11.8 Å². The zero-order chi connectivity index (χ0) is 18.7. The van der Waals surface area contributed by atoms with Gasteiger partial charge in [-0.05, 0) is 38.1 Å². The molecule has 1 heterocycles. The molecule has 2 aromatic carbocycles. The molecule has 134 valence electrons. The van der Waals surface area contributed by atoms with Crippen molar-refractivity contribution in [3.8, 4) is 5.69 Å². The minimum atomic E-state index is -0.543. The summed E-state index contributed by atoms with van der Waals surface area (Å²) in [5.74, 6) is -0.997. The summed E-state index contributed by atoms with van der Waals surface area (Å²) >= 11 is 1.04. The summed E-state index contributed by atoms with van der Waals surface area (Å²) in [6.45, 7) is 3.51. The first-order valence-electron chi connectivity index (χ1n) is 8.06. The minimum absolute atomic E-state index is 0.0303. The van der Waals surface area contributed by atoms with Gasteiger partial charge in [0.2, 0.25) is 0 Å². The highest BCUT2D eigenvalue weighted by Crippen LogP contribution is 2.23. The van der Waals surface area contributed by atoms with Crippen molar-refractivity contribution in [2.45, 2.75) is 25.1 Å². The Morgan fingerprint density at radius 2 is 1.88 bits per heavy atom. The van der Waals surface area contributed by atoms with Crippen LogP contribution in [0.15, 0.2) is 58.5 Å². The van der Waals surface area contributed by atoms with E-state index >= 15 is 0 Å². The summed E-state index contributed by atoms with van der Waals surface area (Å²) in [4.78, 5) is 29.3. The average molecular weight is 372 g/mol. The lowest BCUT2D eigenvalue weighted by atomic mass is 10.2. The first-order chi connectivity index (χ1) is 12.5. The summed E-state index contributed by atoms with van der Waals surface area (Å²) in [5.41, 5.74) is 0.195. The van der Waals surface area contributed by atoms with Crippen LogP contribution >= 0.6 is 11.8 Å². The maximum Gasteiger partial charge on any atom is 0.316 e. The molecule has 0 atom stereocenters. The molecule has 0 N–H and O–H groups in total. The van der Waals surface area contributed by atoms with Crippen LogP contribution in [0.3, 0.4) is 0 Å². The molecule has 0 amide bonds. The van der Waals surface area contributed by atoms with Crippen molar-refractivity contribution in [3.05, 3.63) is 64.7 Å². The number of carbonyl (C=O) groups excluding carboxylic acids is 1. The molecule has 26 heavy (non-hydrogen) atoms. The van der Waals surface area contributed by atoms with Gasteiger partial charge in [0.25, 0.3) is 5.56 Å². The van der Waals surface area contributed by atoms with Gasteiger partial charge in [0, 0.05) is 0 Å². The molecule has 3 aromatic rings. The van der Waals surface area contributed by atoms with Crippen molar-refractivity contribution in [1.29, 1.82) is 0 Å². The summed E-state index contributed by atoms with van der Waals surface area (Å²) in [6.07, 6.45) is -0.235. The third kappa shape index (κ3) is 3.77. The molecule has 0 saturated heterocycles. The molecule has 0 spiro atoms. The highest BCUT2D eigenvalue weighted by atomic mass is 32.2. The van der Waals surface area contributed by atoms with Crippen molar-refractivity contribution in [1.82, 2.24) is 9.55 Å². The van der Waals surface area contributed by atoms with Gasteiger partial charge < -0.3 is 4.74 Å². The Labute approximate surface area is 153 Å². The van der Waals surface area contributed by atoms with Crippen LogP contribution in [0.1, 0.15) is 13.8 Å². The molecule has 0 aliphatic heterocycles. The molecule has 0 radical (unpaired) electrons. The van der Waals surface area contributed by atoms with Crippen molar-refractivity contribution in [2.24, 2.45) is 0 Å². The third-order valence-corrected chi connectivity index (χ3v) is 4.44. The van der Waals surface area contributed by atoms with Crippen LogP contribution in [0.5, 0.6) is 0 Å². The van der Waals surface area contributed by atoms with E-state index in [0.29, 0.717) is 10.9 Å². The lowest BCUT2D eigenvalue weighted by molar-refractivity contribution is -0.144. The van der Waals surface area contributed by atoms with E-state index in [1.807, 2.05) is 0 Å². The van der Waals surface area contributed by atoms with Gasteiger partial charge in [0.1, 0.15) is 5.82 Å². The van der Waals surface area contributed by atoms with Crippen LogP contribution in [-0.2, 0) is 9.53 Å². The standard InChI is InChI=1S/C19H17FN2O3S/c1-12(2)25-17(23)11-26-19-21-15-9-5-3-7-13(15)18(24)22(19)16-10-6-4-8-14(16)20/h3-10,12H,11H2,1-2H3. The maximum absolute atomic E-state index is 14.3. The molecule has 0 aliphatic carbocycles. The SMILES string of the molecule is CC(C)OC(=O)CSc1nc2ccccc2c(=O)n1-c1ccccc1F. The van der Waals surface area contributed by atoms with Gasteiger partial charge in [-0.2, -0.15) is 0 Å². The number of benzene rings is 2. The average Bonchev–Trinajstić information content (AvgIpc) is 2.60. The number of esters is 1. The number of halogens is 1. The maximum atomic E-state index is 14.3. The number of para-hydroxylation sites is 2. The van der Waals surface area contributed by atoms with E-state index in [-0.39, 0.29) is 28.3 Å². The van der Waals surface area contributed by atoms with Crippen LogP contribution < -0.4 is 5.56 Å². The second-order valence-corrected chi connectivity index (χ2v) is 6.77. The third-order valence-electron chi connectivity index (χ3n) is 3.52. The Bertz CT molecular complexity index is 1020. The van der Waals surface area contributed by atoms with Gasteiger partial charge in [-0.3, -0.25) is 14.2 Å². The van der Waals surface area contributed by atoms with Gasteiger partial charge in [0.15, 0.2) is 5.16 Å². The molecule has 1 aromatic heterocycles. The Morgan fingerprint density at radius 1 is 1.19 bits per heavy atom. The highest BCUT2D eigenvalue weighted by Gasteiger charge is 2.17. The fourth-order valence-electron chi connectivity index (χ4n) is 2.48. The monoisotopic (exact) mass is 372 g/mol. The molecule has 7 heteroatoms. The van der Waals surface area contributed by atoms with E-state index in [4.69, 9.17) is 4.74 Å². The lowest BCUT2D eigenvalue weighted by Crippen LogP contribution is -2.23. The van der Waals surface area contributed by atoms with Crippen molar-refractivity contribution < 1.29 is 13.9 Å². The van der Waals surface area contributed by atoms with Crippen molar-refractivity contribution >= 4 is 28.6 Å². The van der Waals surface area contributed by atoms with Gasteiger partial charge in [0.05, 0.1) is 28.4 Å². The lowest BCUT2D eigenvalue weighted by Gasteiger charge is -2.14. The molecular formula is C19H17FN2O3S. The second-order valence-electron chi connectivity index (χ2n) is 5.83. The number of carbonyl (C=O) groups is 1. The van der Waals surface area contributed by atoms with Gasteiger partial charge >= 0.3 is 5.97 Å².